The Bertz CT molecular complexity index is 783. The van der Waals surface area contributed by atoms with E-state index in [9.17, 15) is 9.67 Å². The van der Waals surface area contributed by atoms with Gasteiger partial charge in [-0.05, 0) is 24.0 Å². The molecule has 28 heavy (non-hydrogen) atoms. The molecule has 2 aliphatic rings. The molecule has 1 saturated heterocycles. The second-order valence-electron chi connectivity index (χ2n) is 7.73. The minimum atomic E-state index is -3.75. The Hall–Kier alpha value is -1.49. The van der Waals surface area contributed by atoms with Gasteiger partial charge in [-0.2, -0.15) is 0 Å². The van der Waals surface area contributed by atoms with Crippen LogP contribution in [0.2, 0.25) is 0 Å². The molecule has 2 fully saturated rings. The van der Waals surface area contributed by atoms with Gasteiger partial charge in [-0.25, -0.2) is 0 Å². The fourth-order valence-corrected chi connectivity index (χ4v) is 7.36. The van der Waals surface area contributed by atoms with E-state index in [0.29, 0.717) is 0 Å². The third-order valence-electron chi connectivity index (χ3n) is 6.52. The van der Waals surface area contributed by atoms with Crippen LogP contribution >= 0.6 is 7.60 Å². The largest absolute Gasteiger partial charge is 0.377 e. The fourth-order valence-electron chi connectivity index (χ4n) is 5.26. The molecule has 0 spiro atoms. The summed E-state index contributed by atoms with van der Waals surface area (Å²) in [5.41, 5.74) is 2.15. The predicted octanol–water partition coefficient (Wildman–Crippen LogP) is 4.66. The van der Waals surface area contributed by atoms with Crippen molar-refractivity contribution in [2.24, 2.45) is 11.8 Å². The molecule has 0 radical (unpaired) electrons. The molecule has 2 N–H and O–H groups in total. The number of benzene rings is 2. The zero-order valence-electron chi connectivity index (χ0n) is 16.3. The average Bonchev–Trinajstić information content (AvgIpc) is 2.74. The van der Waals surface area contributed by atoms with Crippen molar-refractivity contribution in [3.63, 3.8) is 0 Å². The minimum absolute atomic E-state index is 0.147. The second-order valence-corrected chi connectivity index (χ2v) is 10.2. The number of hydrogen-bond acceptors (Lipinski definition) is 5. The number of hydrogen-bond donors (Lipinski definition) is 2. The summed E-state index contributed by atoms with van der Waals surface area (Å²) in [6, 6.07) is 19.9. The van der Waals surface area contributed by atoms with E-state index < -0.39 is 12.9 Å². The molecule has 6 heteroatoms. The van der Waals surface area contributed by atoms with E-state index in [1.54, 1.807) is 0 Å². The van der Waals surface area contributed by atoms with E-state index >= 15 is 0 Å². The van der Waals surface area contributed by atoms with Gasteiger partial charge in [0.15, 0.2) is 5.34 Å². The van der Waals surface area contributed by atoms with Gasteiger partial charge in [0.05, 0.1) is 0 Å². The van der Waals surface area contributed by atoms with Crippen LogP contribution in [0.4, 0.5) is 0 Å². The quantitative estimate of drug-likeness (QED) is 0.713. The van der Waals surface area contributed by atoms with Gasteiger partial charge in [-0.3, -0.25) is 4.57 Å². The first-order chi connectivity index (χ1) is 13.5. The van der Waals surface area contributed by atoms with E-state index in [0.717, 1.165) is 30.4 Å². The fraction of sp³-hybridized carbons (Fsp3) is 0.455. The summed E-state index contributed by atoms with van der Waals surface area (Å²) in [6.07, 6.45) is 2.50. The van der Waals surface area contributed by atoms with Gasteiger partial charge >= 0.3 is 7.60 Å². The van der Waals surface area contributed by atoms with E-state index in [4.69, 9.17) is 9.05 Å². The molecule has 0 amide bonds. The standard InChI is InChI=1S/C22H28NO4P/c1-26-28(25,27-2)22(24)18-14-9-15-19(22)21(17-12-7-4-8-13-17)23-20(18)16-10-5-3-6-11-16/h3-8,10-13,18-21,23-24H,9,14-15H2,1-2H3/t18-,19-,20-,21+,22?/m0/s1. The van der Waals surface area contributed by atoms with E-state index in [1.165, 1.54) is 14.2 Å². The van der Waals surface area contributed by atoms with Gasteiger partial charge in [-0.1, -0.05) is 67.1 Å². The smallest absolute Gasteiger partial charge is 0.362 e. The zero-order chi connectivity index (χ0) is 19.8. The molecule has 1 saturated carbocycles. The Labute approximate surface area is 166 Å². The van der Waals surface area contributed by atoms with Crippen LogP contribution in [-0.4, -0.2) is 24.7 Å². The highest BCUT2D eigenvalue weighted by atomic mass is 31.2. The Kier molecular flexibility index (Phi) is 5.47. The van der Waals surface area contributed by atoms with Gasteiger partial charge in [0.25, 0.3) is 0 Å². The molecule has 2 aromatic carbocycles. The molecule has 1 aliphatic carbocycles. The Morgan fingerprint density at radius 2 is 1.32 bits per heavy atom. The van der Waals surface area contributed by atoms with Crippen molar-refractivity contribution in [1.29, 1.82) is 0 Å². The maximum Gasteiger partial charge on any atom is 0.362 e. The summed E-state index contributed by atoms with van der Waals surface area (Å²) in [7, 11) is -1.01. The highest BCUT2D eigenvalue weighted by Crippen LogP contribution is 2.71. The first-order valence-corrected chi connectivity index (χ1v) is 11.4. The van der Waals surface area contributed by atoms with Crippen LogP contribution in [0, 0.1) is 11.8 Å². The lowest BCUT2D eigenvalue weighted by molar-refractivity contribution is -0.103. The third kappa shape index (κ3) is 2.97. The first kappa shape index (κ1) is 19.8. The van der Waals surface area contributed by atoms with E-state index in [-0.39, 0.29) is 23.9 Å². The van der Waals surface area contributed by atoms with Crippen molar-refractivity contribution in [2.75, 3.05) is 14.2 Å². The summed E-state index contributed by atoms with van der Waals surface area (Å²) in [6.45, 7) is 0. The lowest BCUT2D eigenvalue weighted by atomic mass is 9.65. The van der Waals surface area contributed by atoms with Crippen molar-refractivity contribution in [1.82, 2.24) is 5.32 Å². The molecule has 150 valence electrons. The van der Waals surface area contributed by atoms with Crippen molar-refractivity contribution < 1.29 is 18.7 Å². The van der Waals surface area contributed by atoms with Crippen LogP contribution in [0.3, 0.4) is 0 Å². The topological polar surface area (TPSA) is 67.8 Å². The molecule has 0 aromatic heterocycles. The zero-order valence-corrected chi connectivity index (χ0v) is 17.2. The van der Waals surface area contributed by atoms with Crippen LogP contribution in [0.25, 0.3) is 0 Å². The lowest BCUT2D eigenvalue weighted by Crippen LogP contribution is -2.61. The monoisotopic (exact) mass is 401 g/mol. The summed E-state index contributed by atoms with van der Waals surface area (Å²) in [5.74, 6) is -0.529. The van der Waals surface area contributed by atoms with Crippen LogP contribution in [-0.2, 0) is 13.6 Å². The highest BCUT2D eigenvalue weighted by molar-refractivity contribution is 7.55. The van der Waals surface area contributed by atoms with Crippen LogP contribution in [0.5, 0.6) is 0 Å². The van der Waals surface area contributed by atoms with Crippen molar-refractivity contribution >= 4 is 7.60 Å². The van der Waals surface area contributed by atoms with Crippen molar-refractivity contribution in [3.8, 4) is 0 Å². The first-order valence-electron chi connectivity index (χ1n) is 9.85. The molecule has 5 atom stereocenters. The molecular weight excluding hydrogens is 373 g/mol. The third-order valence-corrected chi connectivity index (χ3v) is 9.02. The Balaban J connectivity index is 1.88. The molecule has 2 aromatic rings. The Morgan fingerprint density at radius 1 is 0.893 bits per heavy atom. The molecule has 1 heterocycles. The van der Waals surface area contributed by atoms with Gasteiger partial charge < -0.3 is 19.5 Å². The number of aliphatic hydroxyl groups is 1. The van der Waals surface area contributed by atoms with Crippen LogP contribution in [0.1, 0.15) is 42.5 Å². The molecule has 2 bridgehead atoms. The van der Waals surface area contributed by atoms with Crippen molar-refractivity contribution in [3.05, 3.63) is 71.8 Å². The van der Waals surface area contributed by atoms with E-state index in [1.807, 2.05) is 36.4 Å². The van der Waals surface area contributed by atoms with Crippen LogP contribution in [0.15, 0.2) is 60.7 Å². The molecular formula is C22H28NO4P. The van der Waals surface area contributed by atoms with Gasteiger partial charge in [0, 0.05) is 38.1 Å². The number of fused-ring (bicyclic) bond motifs is 2. The SMILES string of the molecule is COP(=O)(OC)C1(O)[C@H]2CCC[C@H]1[C@H](c1ccccc1)N[C@@H]2c1ccccc1. The number of piperidine rings is 1. The average molecular weight is 401 g/mol. The number of nitrogens with one attached hydrogen (secondary N) is 1. The molecule has 1 aliphatic heterocycles. The normalized spacial score (nSPS) is 32.8. The minimum Gasteiger partial charge on any atom is -0.377 e. The van der Waals surface area contributed by atoms with Gasteiger partial charge in [0.2, 0.25) is 0 Å². The van der Waals surface area contributed by atoms with Crippen molar-refractivity contribution in [2.45, 2.75) is 36.7 Å². The van der Waals surface area contributed by atoms with Gasteiger partial charge in [-0.15, -0.1) is 0 Å². The summed E-state index contributed by atoms with van der Waals surface area (Å²) in [5, 5.41) is 14.3. The lowest BCUT2D eigenvalue weighted by Gasteiger charge is -2.57. The summed E-state index contributed by atoms with van der Waals surface area (Å²) >= 11 is 0. The van der Waals surface area contributed by atoms with Crippen LogP contribution < -0.4 is 5.32 Å². The van der Waals surface area contributed by atoms with E-state index in [2.05, 4.69) is 29.6 Å². The molecule has 1 unspecified atom stereocenters. The predicted molar refractivity (Wildman–Crippen MR) is 109 cm³/mol. The molecule has 5 nitrogen and oxygen atoms in total. The molecule has 4 rings (SSSR count). The maximum absolute atomic E-state index is 13.7. The maximum atomic E-state index is 13.7. The Morgan fingerprint density at radius 3 is 1.71 bits per heavy atom. The second kappa shape index (κ2) is 7.74. The summed E-state index contributed by atoms with van der Waals surface area (Å²) in [4.78, 5) is 0. The van der Waals surface area contributed by atoms with Gasteiger partial charge in [0.1, 0.15) is 0 Å². The highest BCUT2D eigenvalue weighted by Gasteiger charge is 2.66. The summed E-state index contributed by atoms with van der Waals surface area (Å²) < 4.78 is 24.5. The number of rotatable bonds is 5.